The molecule has 0 saturated carbocycles. The van der Waals surface area contributed by atoms with Gasteiger partial charge in [0.25, 0.3) is 5.91 Å². The summed E-state index contributed by atoms with van der Waals surface area (Å²) in [6, 6.07) is 11.6. The molecule has 1 aliphatic rings. The van der Waals surface area contributed by atoms with Crippen molar-refractivity contribution in [1.29, 1.82) is 0 Å². The predicted molar refractivity (Wildman–Crippen MR) is 115 cm³/mol. The zero-order valence-electron chi connectivity index (χ0n) is 17.3. The molecule has 0 spiro atoms. The van der Waals surface area contributed by atoms with E-state index in [-0.39, 0.29) is 17.6 Å². The van der Waals surface area contributed by atoms with Crippen LogP contribution in [0.1, 0.15) is 22.6 Å². The minimum Gasteiger partial charge on any atom is -0.497 e. The molecule has 1 fully saturated rings. The maximum absolute atomic E-state index is 14.4. The summed E-state index contributed by atoms with van der Waals surface area (Å²) in [6.07, 6.45) is 0.750. The van der Waals surface area contributed by atoms with Crippen molar-refractivity contribution in [3.63, 3.8) is 0 Å². The van der Waals surface area contributed by atoms with E-state index in [0.717, 1.165) is 12.1 Å². The Morgan fingerprint density at radius 3 is 2.61 bits per heavy atom. The number of benzene rings is 2. The Kier molecular flexibility index (Phi) is 5.44. The zero-order chi connectivity index (χ0) is 22.1. The molecule has 0 unspecified atom stereocenters. The van der Waals surface area contributed by atoms with Crippen molar-refractivity contribution >= 4 is 11.6 Å². The van der Waals surface area contributed by atoms with Crippen molar-refractivity contribution in [3.8, 4) is 22.8 Å². The summed E-state index contributed by atoms with van der Waals surface area (Å²) in [5.41, 5.74) is 8.08. The number of amides is 1. The molecule has 2 heterocycles. The molecule has 1 saturated heterocycles. The first-order valence-electron chi connectivity index (χ1n) is 9.89. The van der Waals surface area contributed by atoms with Crippen molar-refractivity contribution < 1.29 is 13.9 Å². The highest BCUT2D eigenvalue weighted by Crippen LogP contribution is 2.31. The van der Waals surface area contributed by atoms with Gasteiger partial charge in [-0.2, -0.15) is 0 Å². The SMILES string of the molecule is [C-]#[N+]c1ccc(-c2nc(C(=O)N3CC[C@@H](N)C3)c(C)n2-c2ccc(OC)cc2)cc1F. The minimum absolute atomic E-state index is 0.0392. The molecule has 31 heavy (non-hydrogen) atoms. The number of aromatic nitrogens is 2. The van der Waals surface area contributed by atoms with Crippen molar-refractivity contribution in [2.24, 2.45) is 5.73 Å². The molecule has 0 radical (unpaired) electrons. The van der Waals surface area contributed by atoms with Gasteiger partial charge in [0.15, 0.2) is 0 Å². The van der Waals surface area contributed by atoms with Crippen LogP contribution in [0.5, 0.6) is 5.75 Å². The second-order valence-corrected chi connectivity index (χ2v) is 7.48. The first-order valence-corrected chi connectivity index (χ1v) is 9.89. The standard InChI is InChI=1S/C23H22FN5O2/c1-14-21(23(30)28-11-10-16(25)13-28)27-22(15-4-9-20(26-2)19(24)12-15)29(14)17-5-7-18(31-3)8-6-17/h4-9,12,16H,10-11,13,25H2,1,3H3/t16-/m1/s1. The molecule has 0 aliphatic carbocycles. The lowest BCUT2D eigenvalue weighted by atomic mass is 10.1. The van der Waals surface area contributed by atoms with Gasteiger partial charge in [-0.15, -0.1) is 0 Å². The van der Waals surface area contributed by atoms with E-state index in [0.29, 0.717) is 41.6 Å². The molecular formula is C23H22FN5O2. The third-order valence-electron chi connectivity index (χ3n) is 5.48. The fraction of sp³-hybridized carbons (Fsp3) is 0.261. The molecule has 2 N–H and O–H groups in total. The molecule has 1 amide bonds. The monoisotopic (exact) mass is 419 g/mol. The quantitative estimate of drug-likeness (QED) is 0.654. The van der Waals surface area contributed by atoms with Gasteiger partial charge in [-0.05, 0) is 43.7 Å². The summed E-state index contributed by atoms with van der Waals surface area (Å²) >= 11 is 0. The van der Waals surface area contributed by atoms with Gasteiger partial charge in [0.1, 0.15) is 23.1 Å². The number of carbonyl (C=O) groups is 1. The van der Waals surface area contributed by atoms with Crippen molar-refractivity contribution in [1.82, 2.24) is 14.5 Å². The van der Waals surface area contributed by atoms with Gasteiger partial charge in [0, 0.05) is 30.4 Å². The first kappa shape index (κ1) is 20.6. The first-order chi connectivity index (χ1) is 14.9. The maximum Gasteiger partial charge on any atom is 0.274 e. The van der Waals surface area contributed by atoms with Gasteiger partial charge < -0.3 is 15.4 Å². The number of hydrogen-bond donors (Lipinski definition) is 1. The van der Waals surface area contributed by atoms with E-state index in [9.17, 15) is 9.18 Å². The van der Waals surface area contributed by atoms with E-state index in [4.69, 9.17) is 17.0 Å². The highest BCUT2D eigenvalue weighted by Gasteiger charge is 2.29. The van der Waals surface area contributed by atoms with Crippen LogP contribution in [0.2, 0.25) is 0 Å². The number of halogens is 1. The normalized spacial score (nSPS) is 15.7. The van der Waals surface area contributed by atoms with Crippen LogP contribution in [0.4, 0.5) is 10.1 Å². The van der Waals surface area contributed by atoms with Crippen LogP contribution < -0.4 is 10.5 Å². The van der Waals surface area contributed by atoms with E-state index >= 15 is 0 Å². The van der Waals surface area contributed by atoms with E-state index < -0.39 is 5.82 Å². The second kappa shape index (κ2) is 8.20. The van der Waals surface area contributed by atoms with E-state index in [2.05, 4.69) is 9.83 Å². The van der Waals surface area contributed by atoms with Gasteiger partial charge in [0.05, 0.1) is 19.4 Å². The third-order valence-corrected chi connectivity index (χ3v) is 5.48. The van der Waals surface area contributed by atoms with Gasteiger partial charge in [-0.1, -0.05) is 12.1 Å². The summed E-state index contributed by atoms with van der Waals surface area (Å²) in [6.45, 7) is 9.95. The van der Waals surface area contributed by atoms with Crippen LogP contribution in [0.3, 0.4) is 0 Å². The lowest BCUT2D eigenvalue weighted by Crippen LogP contribution is -2.32. The predicted octanol–water partition coefficient (Wildman–Crippen LogP) is 3.72. The Bertz CT molecular complexity index is 1180. The van der Waals surface area contributed by atoms with Crippen LogP contribution in [0, 0.1) is 19.3 Å². The van der Waals surface area contributed by atoms with E-state index in [1.807, 2.05) is 35.8 Å². The van der Waals surface area contributed by atoms with E-state index in [1.165, 1.54) is 12.1 Å². The molecule has 1 aromatic heterocycles. The van der Waals surface area contributed by atoms with Crippen LogP contribution in [0.25, 0.3) is 21.9 Å². The number of rotatable bonds is 4. The van der Waals surface area contributed by atoms with Gasteiger partial charge in [-0.25, -0.2) is 14.2 Å². The maximum atomic E-state index is 14.4. The van der Waals surface area contributed by atoms with E-state index in [1.54, 1.807) is 18.1 Å². The zero-order valence-corrected chi connectivity index (χ0v) is 17.3. The lowest BCUT2D eigenvalue weighted by Gasteiger charge is -2.15. The number of hydrogen-bond acceptors (Lipinski definition) is 4. The number of imidazole rings is 1. The minimum atomic E-state index is -0.632. The van der Waals surface area contributed by atoms with Gasteiger partial charge in [0.2, 0.25) is 5.69 Å². The number of nitrogens with two attached hydrogens (primary N) is 1. The second-order valence-electron chi connectivity index (χ2n) is 7.48. The third kappa shape index (κ3) is 3.76. The molecular weight excluding hydrogens is 397 g/mol. The Balaban J connectivity index is 1.86. The molecule has 1 aliphatic heterocycles. The highest BCUT2D eigenvalue weighted by molar-refractivity contribution is 5.94. The highest BCUT2D eigenvalue weighted by atomic mass is 19.1. The molecule has 4 rings (SSSR count). The smallest absolute Gasteiger partial charge is 0.274 e. The molecule has 1 atom stereocenters. The van der Waals surface area contributed by atoms with Crippen LogP contribution in [0.15, 0.2) is 42.5 Å². The fourth-order valence-electron chi connectivity index (χ4n) is 3.80. The molecule has 0 bridgehead atoms. The lowest BCUT2D eigenvalue weighted by molar-refractivity contribution is 0.0785. The van der Waals surface area contributed by atoms with Crippen molar-refractivity contribution in [3.05, 3.63) is 71.1 Å². The number of likely N-dealkylation sites (tertiary alicyclic amines) is 1. The largest absolute Gasteiger partial charge is 0.497 e. The Hall–Kier alpha value is -3.70. The Morgan fingerprint density at radius 1 is 1.29 bits per heavy atom. The summed E-state index contributed by atoms with van der Waals surface area (Å²) in [4.78, 5) is 22.7. The number of nitrogens with zero attached hydrogens (tertiary/aromatic N) is 4. The van der Waals surface area contributed by atoms with Crippen molar-refractivity contribution in [2.75, 3.05) is 20.2 Å². The molecule has 8 heteroatoms. The summed E-state index contributed by atoms with van der Waals surface area (Å²) in [5.74, 6) is 0.285. The van der Waals surface area contributed by atoms with Gasteiger partial charge >= 0.3 is 0 Å². The van der Waals surface area contributed by atoms with Gasteiger partial charge in [-0.3, -0.25) is 9.36 Å². The molecule has 2 aromatic carbocycles. The Morgan fingerprint density at radius 2 is 2.03 bits per heavy atom. The summed E-state index contributed by atoms with van der Waals surface area (Å²) in [7, 11) is 1.59. The Labute approximate surface area is 179 Å². The van der Waals surface area contributed by atoms with Crippen LogP contribution in [-0.4, -0.2) is 46.6 Å². The number of methoxy groups -OCH3 is 1. The summed E-state index contributed by atoms with van der Waals surface area (Å²) < 4.78 is 21.4. The van der Waals surface area contributed by atoms with Crippen LogP contribution >= 0.6 is 0 Å². The summed E-state index contributed by atoms with van der Waals surface area (Å²) in [5, 5.41) is 0. The number of ether oxygens (including phenoxy) is 1. The van der Waals surface area contributed by atoms with Crippen molar-refractivity contribution in [2.45, 2.75) is 19.4 Å². The molecule has 7 nitrogen and oxygen atoms in total. The molecule has 158 valence electrons. The topological polar surface area (TPSA) is 77.7 Å². The molecule has 3 aromatic rings. The average molecular weight is 419 g/mol. The fourth-order valence-corrected chi connectivity index (χ4v) is 3.80. The number of carbonyl (C=O) groups excluding carboxylic acids is 1. The average Bonchev–Trinajstić information content (AvgIpc) is 3.36. The van der Waals surface area contributed by atoms with Crippen LogP contribution in [-0.2, 0) is 0 Å².